The fourth-order valence-corrected chi connectivity index (χ4v) is 3.15. The molecular weight excluding hydrogens is 402 g/mol. The molecule has 0 saturated heterocycles. The summed E-state index contributed by atoms with van der Waals surface area (Å²) in [6.45, 7) is 0.402. The Morgan fingerprint density at radius 2 is 1.76 bits per heavy atom. The lowest BCUT2D eigenvalue weighted by molar-refractivity contribution is -0.384. The van der Waals surface area contributed by atoms with E-state index in [-0.39, 0.29) is 5.69 Å². The van der Waals surface area contributed by atoms with Gasteiger partial charge in [-0.2, -0.15) is 0 Å². The van der Waals surface area contributed by atoms with Crippen LogP contribution in [-0.4, -0.2) is 4.92 Å². The van der Waals surface area contributed by atoms with Crippen molar-refractivity contribution in [2.24, 2.45) is 0 Å². The van der Waals surface area contributed by atoms with Crippen molar-refractivity contribution in [2.75, 3.05) is 5.32 Å². The molecule has 2 aromatic rings. The molecule has 0 unspecified atom stereocenters. The van der Waals surface area contributed by atoms with Gasteiger partial charge in [0.15, 0.2) is 0 Å². The van der Waals surface area contributed by atoms with Gasteiger partial charge in [0.25, 0.3) is 5.69 Å². The number of nitrogens with one attached hydrogen (secondary N) is 1. The molecule has 0 fully saturated rings. The van der Waals surface area contributed by atoms with Crippen molar-refractivity contribution in [3.8, 4) is 0 Å². The van der Waals surface area contributed by atoms with Crippen LogP contribution in [0.15, 0.2) is 34.8 Å². The zero-order valence-corrected chi connectivity index (χ0v) is 14.2. The number of rotatable bonds is 4. The van der Waals surface area contributed by atoms with Gasteiger partial charge in [-0.3, -0.25) is 10.1 Å². The van der Waals surface area contributed by atoms with Crippen LogP contribution < -0.4 is 5.32 Å². The van der Waals surface area contributed by atoms with Crippen molar-refractivity contribution in [3.05, 3.63) is 65.6 Å². The topological polar surface area (TPSA) is 55.2 Å². The predicted octanol–water partition coefficient (Wildman–Crippen LogP) is 5.93. The van der Waals surface area contributed by atoms with E-state index < -0.39 is 4.92 Å². The second-order valence-electron chi connectivity index (χ2n) is 4.13. The first-order valence-electron chi connectivity index (χ1n) is 5.69. The maximum Gasteiger partial charge on any atom is 0.270 e. The third-order valence-electron chi connectivity index (χ3n) is 2.71. The standard InChI is InChI=1S/C13H8BrCl3N2O2/c14-10-5-9(19(20)21)2-1-7(10)6-18-13-11(16)3-8(15)4-12(13)17/h1-5,18H,6H2. The van der Waals surface area contributed by atoms with Crippen LogP contribution in [0.5, 0.6) is 0 Å². The van der Waals surface area contributed by atoms with Gasteiger partial charge in [0.05, 0.1) is 20.7 Å². The minimum absolute atomic E-state index is 0.0215. The number of anilines is 1. The van der Waals surface area contributed by atoms with Gasteiger partial charge in [-0.05, 0) is 23.8 Å². The van der Waals surface area contributed by atoms with Crippen LogP contribution in [-0.2, 0) is 6.54 Å². The molecule has 0 aliphatic rings. The Hall–Kier alpha value is -1.01. The fraction of sp³-hybridized carbons (Fsp3) is 0.0769. The highest BCUT2D eigenvalue weighted by Crippen LogP contribution is 2.34. The zero-order valence-electron chi connectivity index (χ0n) is 10.4. The van der Waals surface area contributed by atoms with Crippen LogP contribution in [0, 0.1) is 10.1 Å². The van der Waals surface area contributed by atoms with Gasteiger partial charge < -0.3 is 5.32 Å². The quantitative estimate of drug-likeness (QED) is 0.502. The Balaban J connectivity index is 2.19. The molecule has 4 nitrogen and oxygen atoms in total. The molecule has 0 atom stereocenters. The lowest BCUT2D eigenvalue weighted by atomic mass is 10.2. The number of nitro benzene ring substituents is 1. The Kier molecular flexibility index (Phi) is 5.32. The highest BCUT2D eigenvalue weighted by molar-refractivity contribution is 9.10. The van der Waals surface area contributed by atoms with Crippen molar-refractivity contribution in [1.82, 2.24) is 0 Å². The maximum atomic E-state index is 10.7. The molecule has 0 saturated carbocycles. The summed E-state index contributed by atoms with van der Waals surface area (Å²) in [4.78, 5) is 10.2. The minimum atomic E-state index is -0.450. The number of hydrogen-bond donors (Lipinski definition) is 1. The number of benzene rings is 2. The number of halogens is 4. The van der Waals surface area contributed by atoms with E-state index in [0.29, 0.717) is 31.8 Å². The minimum Gasteiger partial charge on any atom is -0.379 e. The molecule has 0 bridgehead atoms. The molecule has 0 aliphatic carbocycles. The summed E-state index contributed by atoms with van der Waals surface area (Å²) in [5, 5.41) is 15.0. The normalized spacial score (nSPS) is 10.5. The van der Waals surface area contributed by atoms with E-state index in [1.165, 1.54) is 12.1 Å². The zero-order chi connectivity index (χ0) is 15.6. The van der Waals surface area contributed by atoms with Gasteiger partial charge in [-0.25, -0.2) is 0 Å². The summed E-state index contributed by atoms with van der Waals surface area (Å²) >= 11 is 21.3. The first-order valence-corrected chi connectivity index (χ1v) is 7.62. The average Bonchev–Trinajstić information content (AvgIpc) is 2.38. The van der Waals surface area contributed by atoms with Crippen LogP contribution in [0.4, 0.5) is 11.4 Å². The smallest absolute Gasteiger partial charge is 0.270 e. The molecule has 0 aromatic heterocycles. The lowest BCUT2D eigenvalue weighted by Crippen LogP contribution is -2.02. The molecule has 0 aliphatic heterocycles. The van der Waals surface area contributed by atoms with Crippen molar-refractivity contribution < 1.29 is 4.92 Å². The number of nitro groups is 1. The predicted molar refractivity (Wildman–Crippen MR) is 89.6 cm³/mol. The Morgan fingerprint density at radius 3 is 2.29 bits per heavy atom. The van der Waals surface area contributed by atoms with Gasteiger partial charge in [0.2, 0.25) is 0 Å². The van der Waals surface area contributed by atoms with E-state index in [9.17, 15) is 10.1 Å². The molecule has 2 aromatic carbocycles. The van der Waals surface area contributed by atoms with E-state index in [1.807, 2.05) is 0 Å². The first kappa shape index (κ1) is 16.4. The molecule has 0 radical (unpaired) electrons. The number of nitrogens with zero attached hydrogens (tertiary/aromatic N) is 1. The second-order valence-corrected chi connectivity index (χ2v) is 6.24. The molecule has 21 heavy (non-hydrogen) atoms. The molecule has 0 amide bonds. The van der Waals surface area contributed by atoms with E-state index in [2.05, 4.69) is 21.2 Å². The highest BCUT2D eigenvalue weighted by Gasteiger charge is 2.11. The van der Waals surface area contributed by atoms with Crippen LogP contribution in [0.1, 0.15) is 5.56 Å². The summed E-state index contributed by atoms with van der Waals surface area (Å²) in [5.41, 5.74) is 1.42. The summed E-state index contributed by atoms with van der Waals surface area (Å²) < 4.78 is 0.630. The third kappa shape index (κ3) is 4.01. The highest BCUT2D eigenvalue weighted by atomic mass is 79.9. The molecule has 0 heterocycles. The maximum absolute atomic E-state index is 10.7. The van der Waals surface area contributed by atoms with Crippen molar-refractivity contribution in [3.63, 3.8) is 0 Å². The fourth-order valence-electron chi connectivity index (χ4n) is 1.69. The van der Waals surface area contributed by atoms with E-state index in [1.54, 1.807) is 18.2 Å². The third-order valence-corrected chi connectivity index (χ3v) is 4.26. The molecule has 110 valence electrons. The lowest BCUT2D eigenvalue weighted by Gasteiger charge is -2.12. The molecule has 1 N–H and O–H groups in total. The van der Waals surface area contributed by atoms with Crippen LogP contribution in [0.2, 0.25) is 15.1 Å². The number of non-ortho nitro benzene ring substituents is 1. The average molecular weight is 410 g/mol. The van der Waals surface area contributed by atoms with Crippen molar-refractivity contribution in [2.45, 2.75) is 6.54 Å². The monoisotopic (exact) mass is 408 g/mol. The van der Waals surface area contributed by atoms with Crippen LogP contribution >= 0.6 is 50.7 Å². The molecule has 2 rings (SSSR count). The van der Waals surface area contributed by atoms with Gasteiger partial charge >= 0.3 is 0 Å². The Bertz CT molecular complexity index is 687. The first-order chi connectivity index (χ1) is 9.88. The number of hydrogen-bond acceptors (Lipinski definition) is 3. The van der Waals surface area contributed by atoms with Gasteiger partial charge in [-0.15, -0.1) is 0 Å². The largest absolute Gasteiger partial charge is 0.379 e. The summed E-state index contributed by atoms with van der Waals surface area (Å²) in [5.74, 6) is 0. The summed E-state index contributed by atoms with van der Waals surface area (Å²) in [6.07, 6.45) is 0. The van der Waals surface area contributed by atoms with Crippen LogP contribution in [0.3, 0.4) is 0 Å². The Labute approximate surface area is 144 Å². The van der Waals surface area contributed by atoms with Gasteiger partial charge in [-0.1, -0.05) is 50.7 Å². The van der Waals surface area contributed by atoms with Crippen molar-refractivity contribution >= 4 is 62.1 Å². The van der Waals surface area contributed by atoms with Crippen molar-refractivity contribution in [1.29, 1.82) is 0 Å². The van der Waals surface area contributed by atoms with Gasteiger partial charge in [0.1, 0.15) is 0 Å². The van der Waals surface area contributed by atoms with Gasteiger partial charge in [0, 0.05) is 28.2 Å². The van der Waals surface area contributed by atoms with E-state index in [0.717, 1.165) is 5.56 Å². The second kappa shape index (κ2) is 6.83. The van der Waals surface area contributed by atoms with E-state index in [4.69, 9.17) is 34.8 Å². The Morgan fingerprint density at radius 1 is 1.14 bits per heavy atom. The molecule has 8 heteroatoms. The summed E-state index contributed by atoms with van der Waals surface area (Å²) in [6, 6.07) is 7.71. The SMILES string of the molecule is O=[N+]([O-])c1ccc(CNc2c(Cl)cc(Cl)cc2Cl)c(Br)c1. The van der Waals surface area contributed by atoms with Crippen LogP contribution in [0.25, 0.3) is 0 Å². The molecular formula is C13H8BrCl3N2O2. The summed E-state index contributed by atoms with van der Waals surface area (Å²) in [7, 11) is 0. The molecule has 0 spiro atoms. The van der Waals surface area contributed by atoms with E-state index >= 15 is 0 Å².